The smallest absolute Gasteiger partial charge is 0.328 e. The molecule has 2 aromatic rings. The van der Waals surface area contributed by atoms with Crippen molar-refractivity contribution in [3.05, 3.63) is 41.4 Å². The third-order valence-electron chi connectivity index (χ3n) is 2.73. The van der Waals surface area contributed by atoms with Crippen molar-refractivity contribution < 1.29 is 19.1 Å². The van der Waals surface area contributed by atoms with E-state index in [1.807, 2.05) is 0 Å². The summed E-state index contributed by atoms with van der Waals surface area (Å²) in [5.41, 5.74) is 0.709. The van der Waals surface area contributed by atoms with Crippen LogP contribution in [-0.2, 0) is 9.53 Å². The van der Waals surface area contributed by atoms with Crippen molar-refractivity contribution in [2.75, 3.05) is 7.11 Å². The quantitative estimate of drug-likeness (QED) is 0.489. The van der Waals surface area contributed by atoms with Gasteiger partial charge in [-0.05, 0) is 13.0 Å². The molecule has 1 N–H and O–H groups in total. The first-order chi connectivity index (χ1) is 9.52. The Morgan fingerprint density at radius 2 is 2.10 bits per heavy atom. The molecule has 0 fully saturated rings. The molecular formula is C13H13N3O4. The maximum atomic E-state index is 11.9. The zero-order valence-corrected chi connectivity index (χ0v) is 11.0. The number of amides is 1. The van der Waals surface area contributed by atoms with Gasteiger partial charge in [0.05, 0.1) is 7.11 Å². The molecule has 0 bridgehead atoms. The number of methoxy groups -OCH3 is 1. The first kappa shape index (κ1) is 13.7. The minimum atomic E-state index is -0.819. The molecule has 0 aliphatic rings. The topological polar surface area (TPSA) is 95.2 Å². The van der Waals surface area contributed by atoms with Gasteiger partial charge in [-0.3, -0.25) is 4.79 Å². The molecule has 1 atom stereocenters. The highest BCUT2D eigenvalue weighted by atomic mass is 16.5. The third-order valence-corrected chi connectivity index (χ3v) is 2.73. The molecular weight excluding hydrogens is 262 g/mol. The number of nitrogens with one attached hydrogen (secondary N) is 1. The fourth-order valence-electron chi connectivity index (χ4n) is 1.70. The fraction of sp³-hybridized carbons (Fsp3) is 0.231. The molecule has 1 heterocycles. The number of carbonyl (C=O) groups excluding carboxylic acids is 2. The van der Waals surface area contributed by atoms with Gasteiger partial charge in [-0.25, -0.2) is 9.78 Å². The van der Waals surface area contributed by atoms with Crippen molar-refractivity contribution in [2.45, 2.75) is 13.0 Å². The Kier molecular flexibility index (Phi) is 3.79. The normalized spacial score (nSPS) is 11.9. The van der Waals surface area contributed by atoms with Gasteiger partial charge in [-0.1, -0.05) is 12.1 Å². The van der Waals surface area contributed by atoms with E-state index in [1.165, 1.54) is 14.0 Å². The Bertz CT molecular complexity index is 672. The maximum absolute atomic E-state index is 11.9. The largest absolute Gasteiger partial charge is 0.618 e. The Morgan fingerprint density at radius 3 is 2.80 bits per heavy atom. The lowest BCUT2D eigenvalue weighted by molar-refractivity contribution is -0.577. The molecule has 0 aliphatic carbocycles. The second-order valence-electron chi connectivity index (χ2n) is 4.16. The average molecular weight is 275 g/mol. The van der Waals surface area contributed by atoms with Crippen LogP contribution < -0.4 is 10.0 Å². The first-order valence-electron chi connectivity index (χ1n) is 5.90. The van der Waals surface area contributed by atoms with Gasteiger partial charge in [0, 0.05) is 6.07 Å². The third kappa shape index (κ3) is 2.66. The summed E-state index contributed by atoms with van der Waals surface area (Å²) in [5, 5.41) is 14.2. The second kappa shape index (κ2) is 5.52. The van der Waals surface area contributed by atoms with E-state index in [-0.39, 0.29) is 5.69 Å². The molecule has 0 saturated heterocycles. The van der Waals surface area contributed by atoms with Gasteiger partial charge >= 0.3 is 5.97 Å². The number of nitrogens with zero attached hydrogens (tertiary/aromatic N) is 2. The van der Waals surface area contributed by atoms with Crippen LogP contribution in [0.4, 0.5) is 0 Å². The van der Waals surface area contributed by atoms with Crippen LogP contribution in [0, 0.1) is 5.21 Å². The summed E-state index contributed by atoms with van der Waals surface area (Å²) in [5.74, 6) is -1.19. The lowest BCUT2D eigenvalue weighted by Gasteiger charge is -2.11. The van der Waals surface area contributed by atoms with E-state index in [0.29, 0.717) is 15.8 Å². The number of rotatable bonds is 3. The van der Waals surface area contributed by atoms with Crippen molar-refractivity contribution in [3.8, 4) is 0 Å². The van der Waals surface area contributed by atoms with Crippen LogP contribution in [0.3, 0.4) is 0 Å². The molecule has 1 amide bonds. The van der Waals surface area contributed by atoms with Gasteiger partial charge in [0.2, 0.25) is 11.7 Å². The SMILES string of the molecule is COC(=O)C(C)NC(=O)c1c[n+]([O-])c2ccccc2n1. The first-order valence-corrected chi connectivity index (χ1v) is 5.90. The van der Waals surface area contributed by atoms with Crippen LogP contribution in [0.5, 0.6) is 0 Å². The van der Waals surface area contributed by atoms with E-state index in [4.69, 9.17) is 0 Å². The summed E-state index contributed by atoms with van der Waals surface area (Å²) in [4.78, 5) is 27.3. The summed E-state index contributed by atoms with van der Waals surface area (Å²) in [7, 11) is 1.23. The monoisotopic (exact) mass is 275 g/mol. The number of fused-ring (bicyclic) bond motifs is 1. The van der Waals surface area contributed by atoms with Crippen molar-refractivity contribution in [2.24, 2.45) is 0 Å². The van der Waals surface area contributed by atoms with Crippen LogP contribution in [0.2, 0.25) is 0 Å². The molecule has 0 spiro atoms. The van der Waals surface area contributed by atoms with Crippen LogP contribution in [0.25, 0.3) is 11.0 Å². The molecule has 1 unspecified atom stereocenters. The van der Waals surface area contributed by atoms with E-state index in [1.54, 1.807) is 24.3 Å². The highest BCUT2D eigenvalue weighted by Gasteiger charge is 2.20. The highest BCUT2D eigenvalue weighted by Crippen LogP contribution is 2.07. The summed E-state index contributed by atoms with van der Waals surface area (Å²) >= 11 is 0. The predicted octanol–water partition coefficient (Wildman–Crippen LogP) is 0.159. The molecule has 2 rings (SSSR count). The molecule has 1 aromatic heterocycles. The Morgan fingerprint density at radius 1 is 1.40 bits per heavy atom. The van der Waals surface area contributed by atoms with Crippen LogP contribution in [0.15, 0.2) is 30.5 Å². The number of carbonyl (C=O) groups is 2. The van der Waals surface area contributed by atoms with Crippen LogP contribution in [0.1, 0.15) is 17.4 Å². The van der Waals surface area contributed by atoms with Crippen molar-refractivity contribution in [1.82, 2.24) is 10.3 Å². The van der Waals surface area contributed by atoms with Gasteiger partial charge < -0.3 is 15.3 Å². The zero-order chi connectivity index (χ0) is 14.7. The number of ether oxygens (including phenoxy) is 1. The molecule has 0 saturated carbocycles. The van der Waals surface area contributed by atoms with Gasteiger partial charge in [-0.15, -0.1) is 0 Å². The summed E-state index contributed by atoms with van der Waals surface area (Å²) in [6, 6.07) is 5.84. The van der Waals surface area contributed by atoms with Gasteiger partial charge in [-0.2, -0.15) is 4.73 Å². The van der Waals surface area contributed by atoms with Crippen molar-refractivity contribution in [1.29, 1.82) is 0 Å². The van der Waals surface area contributed by atoms with E-state index in [0.717, 1.165) is 6.20 Å². The van der Waals surface area contributed by atoms with Gasteiger partial charge in [0.1, 0.15) is 11.6 Å². The van der Waals surface area contributed by atoms with E-state index in [9.17, 15) is 14.8 Å². The maximum Gasteiger partial charge on any atom is 0.328 e. The van der Waals surface area contributed by atoms with Gasteiger partial charge in [0.25, 0.3) is 5.91 Å². The van der Waals surface area contributed by atoms with Crippen molar-refractivity contribution >= 4 is 22.9 Å². The molecule has 0 radical (unpaired) electrons. The number of hydrogen-bond donors (Lipinski definition) is 1. The minimum absolute atomic E-state index is 0.0607. The molecule has 7 nitrogen and oxygen atoms in total. The van der Waals surface area contributed by atoms with Crippen molar-refractivity contribution in [3.63, 3.8) is 0 Å². The average Bonchev–Trinajstić information content (AvgIpc) is 2.46. The summed E-state index contributed by atoms with van der Waals surface area (Å²) < 4.78 is 5.07. The standard InChI is InChI=1S/C13H13N3O4/c1-8(13(18)20-2)14-12(17)10-7-16(19)11-6-4-3-5-9(11)15-10/h3-8H,1-2H3,(H,14,17). The van der Waals surface area contributed by atoms with E-state index in [2.05, 4.69) is 15.0 Å². The Labute approximate surface area is 114 Å². The molecule has 20 heavy (non-hydrogen) atoms. The Hall–Kier alpha value is -2.70. The number of benzene rings is 1. The predicted molar refractivity (Wildman–Crippen MR) is 69.6 cm³/mol. The Balaban J connectivity index is 2.29. The minimum Gasteiger partial charge on any atom is -0.618 e. The summed E-state index contributed by atoms with van der Waals surface area (Å²) in [6.07, 6.45) is 1.07. The second-order valence-corrected chi connectivity index (χ2v) is 4.16. The molecule has 0 aliphatic heterocycles. The van der Waals surface area contributed by atoms with E-state index >= 15 is 0 Å². The fourth-order valence-corrected chi connectivity index (χ4v) is 1.70. The van der Waals surface area contributed by atoms with Crippen LogP contribution in [-0.4, -0.2) is 30.0 Å². The number of aromatic nitrogens is 2. The number of para-hydroxylation sites is 2. The highest BCUT2D eigenvalue weighted by molar-refractivity contribution is 5.95. The summed E-state index contributed by atoms with van der Waals surface area (Å²) in [6.45, 7) is 1.48. The lowest BCUT2D eigenvalue weighted by Crippen LogP contribution is -2.40. The molecule has 7 heteroatoms. The molecule has 104 valence electrons. The zero-order valence-electron chi connectivity index (χ0n) is 11.0. The number of hydrogen-bond acceptors (Lipinski definition) is 5. The lowest BCUT2D eigenvalue weighted by atomic mass is 10.2. The van der Waals surface area contributed by atoms with Crippen LogP contribution >= 0.6 is 0 Å². The molecule has 1 aromatic carbocycles. The van der Waals surface area contributed by atoms with E-state index < -0.39 is 17.9 Å². The number of esters is 1. The van der Waals surface area contributed by atoms with Gasteiger partial charge in [0.15, 0.2) is 5.69 Å².